The summed E-state index contributed by atoms with van der Waals surface area (Å²) in [6.45, 7) is 0. The standard InChI is InChI=1S/C19H15F3N8O3/c20-19(21,22)33-12-3-1-2-11(7-12)24-16-27-14-9(6-13-15(31)28-18(32)26-13)8-23-30(14)17(29-16)25-10-4-5-10/h1-3,6-8,10H,4-5H2,(H2,24,25,27,29)(H2,26,28,31,32)/b13-6-. The number of imide groups is 1. The summed E-state index contributed by atoms with van der Waals surface area (Å²) in [7, 11) is 0. The number of benzene rings is 1. The van der Waals surface area contributed by atoms with E-state index in [1.807, 2.05) is 0 Å². The highest BCUT2D eigenvalue weighted by Crippen LogP contribution is 2.28. The number of nitrogens with one attached hydrogen (secondary N) is 4. The summed E-state index contributed by atoms with van der Waals surface area (Å²) in [5, 5.41) is 14.8. The van der Waals surface area contributed by atoms with E-state index in [0.29, 0.717) is 17.2 Å². The number of rotatable bonds is 6. The molecule has 0 radical (unpaired) electrons. The van der Waals surface area contributed by atoms with Gasteiger partial charge in [0.05, 0.1) is 6.20 Å². The Morgan fingerprint density at radius 2 is 2.00 bits per heavy atom. The molecule has 4 N–H and O–H groups in total. The number of hydrogen-bond donors (Lipinski definition) is 4. The van der Waals surface area contributed by atoms with Crippen molar-refractivity contribution >= 4 is 41.2 Å². The molecule has 0 atom stereocenters. The molecular weight excluding hydrogens is 445 g/mol. The Morgan fingerprint density at radius 3 is 2.70 bits per heavy atom. The number of anilines is 3. The van der Waals surface area contributed by atoms with Gasteiger partial charge in [-0.3, -0.25) is 10.1 Å². The third-order valence-corrected chi connectivity index (χ3v) is 4.65. The van der Waals surface area contributed by atoms with Crippen LogP contribution in [0.25, 0.3) is 11.7 Å². The number of aromatic nitrogens is 4. The maximum Gasteiger partial charge on any atom is 0.573 e. The molecule has 0 bridgehead atoms. The SMILES string of the molecule is O=C1NC(=O)/C(=C/c2cnn3c(NC4CC4)nc(Nc4cccc(OC(F)(F)F)c4)nc23)N1. The van der Waals surface area contributed by atoms with Crippen molar-refractivity contribution in [2.24, 2.45) is 0 Å². The van der Waals surface area contributed by atoms with Crippen LogP contribution in [0.1, 0.15) is 18.4 Å². The van der Waals surface area contributed by atoms with Gasteiger partial charge in [0, 0.05) is 23.4 Å². The fourth-order valence-electron chi connectivity index (χ4n) is 3.09. The number of alkyl halides is 3. The Kier molecular flexibility index (Phi) is 4.76. The first-order valence-corrected chi connectivity index (χ1v) is 9.73. The zero-order valence-corrected chi connectivity index (χ0v) is 16.6. The quantitative estimate of drug-likeness (QED) is 0.326. The lowest BCUT2D eigenvalue weighted by Crippen LogP contribution is -2.22. The second-order valence-corrected chi connectivity index (χ2v) is 7.29. The van der Waals surface area contributed by atoms with E-state index in [-0.39, 0.29) is 23.4 Å². The van der Waals surface area contributed by atoms with Gasteiger partial charge in [-0.25, -0.2) is 4.79 Å². The van der Waals surface area contributed by atoms with E-state index in [4.69, 9.17) is 0 Å². The number of ether oxygens (including phenoxy) is 1. The van der Waals surface area contributed by atoms with E-state index in [1.165, 1.54) is 35.0 Å². The lowest BCUT2D eigenvalue weighted by molar-refractivity contribution is -0.274. The second-order valence-electron chi connectivity index (χ2n) is 7.29. The molecule has 1 saturated heterocycles. The predicted octanol–water partition coefficient (Wildman–Crippen LogP) is 2.52. The summed E-state index contributed by atoms with van der Waals surface area (Å²) in [4.78, 5) is 32.0. The van der Waals surface area contributed by atoms with E-state index in [9.17, 15) is 22.8 Å². The maximum absolute atomic E-state index is 12.5. The van der Waals surface area contributed by atoms with Crippen molar-refractivity contribution in [3.8, 4) is 5.75 Å². The van der Waals surface area contributed by atoms with Gasteiger partial charge in [-0.05, 0) is 31.1 Å². The van der Waals surface area contributed by atoms with Gasteiger partial charge in [-0.1, -0.05) is 6.07 Å². The van der Waals surface area contributed by atoms with Gasteiger partial charge >= 0.3 is 12.4 Å². The Morgan fingerprint density at radius 1 is 1.18 bits per heavy atom. The van der Waals surface area contributed by atoms with Crippen LogP contribution in [0.4, 0.5) is 35.5 Å². The molecule has 14 heteroatoms. The molecule has 1 saturated carbocycles. The monoisotopic (exact) mass is 460 g/mol. The van der Waals surface area contributed by atoms with Gasteiger partial charge in [0.2, 0.25) is 11.9 Å². The van der Waals surface area contributed by atoms with E-state index in [1.54, 1.807) is 0 Å². The van der Waals surface area contributed by atoms with Crippen LogP contribution in [0.5, 0.6) is 5.75 Å². The number of amides is 3. The second kappa shape index (κ2) is 7.65. The van der Waals surface area contributed by atoms with Crippen LogP contribution >= 0.6 is 0 Å². The van der Waals surface area contributed by atoms with Crippen LogP contribution < -0.4 is 26.0 Å². The number of carbonyl (C=O) groups excluding carboxylic acids is 2. The van der Waals surface area contributed by atoms with Gasteiger partial charge in [-0.15, -0.1) is 13.2 Å². The first-order chi connectivity index (χ1) is 15.7. The first-order valence-electron chi connectivity index (χ1n) is 9.73. The molecule has 0 unspecified atom stereocenters. The van der Waals surface area contributed by atoms with E-state index in [2.05, 4.69) is 41.1 Å². The fraction of sp³-hybridized carbons (Fsp3) is 0.211. The zero-order valence-electron chi connectivity index (χ0n) is 16.6. The lowest BCUT2D eigenvalue weighted by atomic mass is 10.2. The largest absolute Gasteiger partial charge is 0.573 e. The highest BCUT2D eigenvalue weighted by Gasteiger charge is 2.31. The molecule has 2 aromatic heterocycles. The number of urea groups is 1. The van der Waals surface area contributed by atoms with Gasteiger partial charge < -0.3 is 20.7 Å². The molecule has 3 amide bonds. The molecule has 2 aliphatic rings. The molecular formula is C19H15F3N8O3. The Labute approximate surface area is 183 Å². The molecule has 11 nitrogen and oxygen atoms in total. The van der Waals surface area contributed by atoms with Crippen molar-refractivity contribution in [1.29, 1.82) is 0 Å². The van der Waals surface area contributed by atoms with E-state index < -0.39 is 24.1 Å². The fourth-order valence-corrected chi connectivity index (χ4v) is 3.09. The number of carbonyl (C=O) groups is 2. The third-order valence-electron chi connectivity index (χ3n) is 4.65. The number of hydrogen-bond acceptors (Lipinski definition) is 8. The summed E-state index contributed by atoms with van der Waals surface area (Å²) in [5.41, 5.74) is 1.01. The number of fused-ring (bicyclic) bond motifs is 1. The summed E-state index contributed by atoms with van der Waals surface area (Å²) in [5.74, 6) is -0.556. The molecule has 5 rings (SSSR count). The maximum atomic E-state index is 12.5. The average Bonchev–Trinajstić information content (AvgIpc) is 3.36. The third kappa shape index (κ3) is 4.63. The normalized spacial score (nSPS) is 17.2. The summed E-state index contributed by atoms with van der Waals surface area (Å²) in [6, 6.07) is 4.82. The Balaban J connectivity index is 1.51. The summed E-state index contributed by atoms with van der Waals surface area (Å²) < 4.78 is 43.0. The highest BCUT2D eigenvalue weighted by molar-refractivity contribution is 6.14. The van der Waals surface area contributed by atoms with Crippen molar-refractivity contribution in [2.45, 2.75) is 25.2 Å². The molecule has 170 valence electrons. The predicted molar refractivity (Wildman–Crippen MR) is 108 cm³/mol. The first kappa shape index (κ1) is 20.5. The van der Waals surface area contributed by atoms with Crippen LogP contribution in [0, 0.1) is 0 Å². The van der Waals surface area contributed by atoms with Crippen molar-refractivity contribution in [3.63, 3.8) is 0 Å². The van der Waals surface area contributed by atoms with E-state index in [0.717, 1.165) is 18.9 Å². The van der Waals surface area contributed by atoms with Gasteiger partial charge in [0.25, 0.3) is 5.91 Å². The average molecular weight is 460 g/mol. The minimum atomic E-state index is -4.82. The molecule has 3 heterocycles. The van der Waals surface area contributed by atoms with Gasteiger partial charge in [0.15, 0.2) is 5.65 Å². The minimum Gasteiger partial charge on any atom is -0.406 e. The topological polar surface area (TPSA) is 135 Å². The zero-order chi connectivity index (χ0) is 23.2. The molecule has 1 aliphatic carbocycles. The molecule has 3 aromatic rings. The lowest BCUT2D eigenvalue weighted by Gasteiger charge is -2.12. The number of nitrogens with zero attached hydrogens (tertiary/aromatic N) is 4. The minimum absolute atomic E-state index is 0.0247. The van der Waals surface area contributed by atoms with Crippen molar-refractivity contribution in [1.82, 2.24) is 30.2 Å². The van der Waals surface area contributed by atoms with Crippen molar-refractivity contribution in [2.75, 3.05) is 10.6 Å². The molecule has 1 aromatic carbocycles. The van der Waals surface area contributed by atoms with Gasteiger partial charge in [-0.2, -0.15) is 19.6 Å². The Bertz CT molecular complexity index is 1300. The summed E-state index contributed by atoms with van der Waals surface area (Å²) in [6.07, 6.45) is -0.0469. The smallest absolute Gasteiger partial charge is 0.406 e. The van der Waals surface area contributed by atoms with Crippen molar-refractivity contribution < 1.29 is 27.5 Å². The van der Waals surface area contributed by atoms with Crippen LogP contribution in [0.3, 0.4) is 0 Å². The van der Waals surface area contributed by atoms with Gasteiger partial charge in [0.1, 0.15) is 11.4 Å². The molecule has 1 aliphatic heterocycles. The summed E-state index contributed by atoms with van der Waals surface area (Å²) >= 11 is 0. The highest BCUT2D eigenvalue weighted by atomic mass is 19.4. The number of halogens is 3. The van der Waals surface area contributed by atoms with Crippen LogP contribution in [0.15, 0.2) is 36.2 Å². The van der Waals surface area contributed by atoms with E-state index >= 15 is 0 Å². The molecule has 2 fully saturated rings. The van der Waals surface area contributed by atoms with Crippen LogP contribution in [-0.4, -0.2) is 43.9 Å². The molecule has 33 heavy (non-hydrogen) atoms. The van der Waals surface area contributed by atoms with Crippen LogP contribution in [0.2, 0.25) is 0 Å². The Hall–Kier alpha value is -4.36. The van der Waals surface area contributed by atoms with Crippen LogP contribution in [-0.2, 0) is 4.79 Å². The molecule has 0 spiro atoms. The van der Waals surface area contributed by atoms with Crippen molar-refractivity contribution in [3.05, 3.63) is 41.7 Å².